The monoisotopic (exact) mass is 178 g/mol. The molecular weight excluding hydrogens is 176 g/mol. The van der Waals surface area contributed by atoms with Crippen molar-refractivity contribution in [3.05, 3.63) is 23.2 Å². The molecule has 0 aliphatic rings. The van der Waals surface area contributed by atoms with Crippen LogP contribution >= 0.6 is 11.6 Å². The molecular formula is C7H3ClN4. The van der Waals surface area contributed by atoms with Gasteiger partial charge in [0.25, 0.3) is 0 Å². The van der Waals surface area contributed by atoms with E-state index in [1.807, 2.05) is 6.07 Å². The number of H-pyrrole nitrogens is 1. The summed E-state index contributed by atoms with van der Waals surface area (Å²) in [5.74, 6) is 0. The van der Waals surface area contributed by atoms with Crippen molar-refractivity contribution in [1.29, 1.82) is 5.26 Å². The molecule has 1 N–H and O–H groups in total. The minimum atomic E-state index is 0.175. The van der Waals surface area contributed by atoms with Crippen LogP contribution in [-0.4, -0.2) is 15.0 Å². The minimum Gasteiger partial charge on any atom is -0.345 e. The van der Waals surface area contributed by atoms with Crippen LogP contribution in [0.15, 0.2) is 12.4 Å². The highest BCUT2D eigenvalue weighted by molar-refractivity contribution is 6.28. The first-order chi connectivity index (χ1) is 5.81. The van der Waals surface area contributed by atoms with E-state index in [2.05, 4.69) is 15.0 Å². The third-order valence-electron chi connectivity index (χ3n) is 1.52. The average molecular weight is 179 g/mol. The van der Waals surface area contributed by atoms with E-state index in [0.29, 0.717) is 16.6 Å². The molecule has 0 unspecified atom stereocenters. The van der Waals surface area contributed by atoms with Crippen molar-refractivity contribution in [2.45, 2.75) is 0 Å². The predicted molar refractivity (Wildman–Crippen MR) is 43.6 cm³/mol. The fraction of sp³-hybridized carbons (Fsp3) is 0. The zero-order valence-corrected chi connectivity index (χ0v) is 6.63. The van der Waals surface area contributed by atoms with Gasteiger partial charge in [-0.2, -0.15) is 10.2 Å². The van der Waals surface area contributed by atoms with Crippen LogP contribution in [0.25, 0.3) is 11.0 Å². The van der Waals surface area contributed by atoms with Crippen LogP contribution in [0.2, 0.25) is 5.28 Å². The fourth-order valence-electron chi connectivity index (χ4n) is 0.978. The van der Waals surface area contributed by atoms with Crippen LogP contribution in [-0.2, 0) is 0 Å². The van der Waals surface area contributed by atoms with Crippen LogP contribution < -0.4 is 0 Å². The maximum absolute atomic E-state index is 8.64. The molecule has 0 radical (unpaired) electrons. The summed E-state index contributed by atoms with van der Waals surface area (Å²) >= 11 is 5.55. The molecule has 2 rings (SSSR count). The number of hydrogen-bond donors (Lipinski definition) is 1. The number of hydrogen-bond acceptors (Lipinski definition) is 3. The van der Waals surface area contributed by atoms with Crippen LogP contribution in [0.3, 0.4) is 0 Å². The molecule has 12 heavy (non-hydrogen) atoms. The molecule has 0 amide bonds. The lowest BCUT2D eigenvalue weighted by molar-refractivity contribution is 1.20. The molecule has 4 nitrogen and oxygen atoms in total. The molecule has 0 atom stereocenters. The second kappa shape index (κ2) is 2.47. The van der Waals surface area contributed by atoms with Crippen molar-refractivity contribution in [3.8, 4) is 6.07 Å². The highest BCUT2D eigenvalue weighted by Gasteiger charge is 2.04. The molecule has 0 aliphatic heterocycles. The maximum atomic E-state index is 8.64. The largest absolute Gasteiger partial charge is 0.345 e. The van der Waals surface area contributed by atoms with Gasteiger partial charge < -0.3 is 4.98 Å². The predicted octanol–water partition coefficient (Wildman–Crippen LogP) is 1.48. The number of aromatic amines is 1. The molecule has 0 bridgehead atoms. The zero-order valence-electron chi connectivity index (χ0n) is 5.87. The van der Waals surface area contributed by atoms with Crippen molar-refractivity contribution in [2.24, 2.45) is 0 Å². The molecule has 2 heterocycles. The van der Waals surface area contributed by atoms with Crippen molar-refractivity contribution in [1.82, 2.24) is 15.0 Å². The average Bonchev–Trinajstić information content (AvgIpc) is 2.46. The lowest BCUT2D eigenvalue weighted by atomic mass is 10.3. The third-order valence-corrected chi connectivity index (χ3v) is 1.71. The summed E-state index contributed by atoms with van der Waals surface area (Å²) < 4.78 is 0. The van der Waals surface area contributed by atoms with Gasteiger partial charge in [-0.15, -0.1) is 0 Å². The lowest BCUT2D eigenvalue weighted by Gasteiger charge is -1.88. The number of nitriles is 1. The van der Waals surface area contributed by atoms with Gasteiger partial charge in [0.1, 0.15) is 11.7 Å². The van der Waals surface area contributed by atoms with E-state index in [9.17, 15) is 0 Å². The van der Waals surface area contributed by atoms with Gasteiger partial charge >= 0.3 is 0 Å². The summed E-state index contributed by atoms with van der Waals surface area (Å²) in [4.78, 5) is 10.5. The van der Waals surface area contributed by atoms with Crippen LogP contribution in [0.5, 0.6) is 0 Å². The van der Waals surface area contributed by atoms with Crippen molar-refractivity contribution in [3.63, 3.8) is 0 Å². The summed E-state index contributed by atoms with van der Waals surface area (Å²) in [7, 11) is 0. The number of nitrogens with zero attached hydrogens (tertiary/aromatic N) is 3. The van der Waals surface area contributed by atoms with E-state index >= 15 is 0 Å². The number of fused-ring (bicyclic) bond motifs is 1. The molecule has 0 spiro atoms. The number of rotatable bonds is 0. The van der Waals surface area contributed by atoms with Crippen molar-refractivity contribution >= 4 is 22.6 Å². The van der Waals surface area contributed by atoms with E-state index in [-0.39, 0.29) is 5.28 Å². The second-order valence-corrected chi connectivity index (χ2v) is 2.55. The molecule has 58 valence electrons. The van der Waals surface area contributed by atoms with Crippen LogP contribution in [0.1, 0.15) is 5.56 Å². The Morgan fingerprint density at radius 3 is 3.17 bits per heavy atom. The molecule has 5 heteroatoms. The SMILES string of the molecule is N#Cc1c[nH]c2nc(Cl)ncc12. The van der Waals surface area contributed by atoms with Crippen LogP contribution in [0.4, 0.5) is 0 Å². The molecule has 2 aromatic heterocycles. The molecule has 0 saturated heterocycles. The molecule has 2 aromatic rings. The van der Waals surface area contributed by atoms with Crippen LogP contribution in [0, 0.1) is 11.3 Å². The number of nitrogens with one attached hydrogen (secondary N) is 1. The Kier molecular flexibility index (Phi) is 1.45. The highest BCUT2D eigenvalue weighted by Crippen LogP contribution is 2.15. The Balaban J connectivity index is 2.84. The molecule has 0 aromatic carbocycles. The van der Waals surface area contributed by atoms with E-state index in [1.165, 1.54) is 6.20 Å². The van der Waals surface area contributed by atoms with E-state index in [1.54, 1.807) is 6.20 Å². The Morgan fingerprint density at radius 1 is 1.58 bits per heavy atom. The summed E-state index contributed by atoms with van der Waals surface area (Å²) in [6, 6.07) is 2.02. The number of aromatic nitrogens is 3. The molecule has 0 aliphatic carbocycles. The quantitative estimate of drug-likeness (QED) is 0.622. The lowest BCUT2D eigenvalue weighted by Crippen LogP contribution is -1.81. The summed E-state index contributed by atoms with van der Waals surface area (Å²) in [6.07, 6.45) is 3.11. The van der Waals surface area contributed by atoms with Crippen molar-refractivity contribution < 1.29 is 0 Å². The third kappa shape index (κ3) is 0.917. The Bertz CT molecular complexity index is 468. The number of halogens is 1. The van der Waals surface area contributed by atoms with Gasteiger partial charge in [-0.3, -0.25) is 0 Å². The van der Waals surface area contributed by atoms with Gasteiger partial charge in [-0.25, -0.2) is 4.98 Å². The highest BCUT2D eigenvalue weighted by atomic mass is 35.5. The first-order valence-electron chi connectivity index (χ1n) is 3.21. The normalized spacial score (nSPS) is 10.0. The Labute approximate surface area is 72.8 Å². The summed E-state index contributed by atoms with van der Waals surface area (Å²) in [5, 5.41) is 9.51. The van der Waals surface area contributed by atoms with Crippen molar-refractivity contribution in [2.75, 3.05) is 0 Å². The standard InChI is InChI=1S/C7H3ClN4/c8-7-11-3-5-4(1-9)2-10-6(5)12-7/h2-3H,(H,10,11,12). The molecule has 0 fully saturated rings. The van der Waals surface area contributed by atoms with Gasteiger partial charge in [-0.05, 0) is 11.6 Å². The first-order valence-corrected chi connectivity index (χ1v) is 3.59. The Hall–Kier alpha value is -1.60. The maximum Gasteiger partial charge on any atom is 0.224 e. The summed E-state index contributed by atoms with van der Waals surface area (Å²) in [6.45, 7) is 0. The van der Waals surface area contributed by atoms with Gasteiger partial charge in [0.15, 0.2) is 0 Å². The van der Waals surface area contributed by atoms with Gasteiger partial charge in [0.05, 0.1) is 10.9 Å². The topological polar surface area (TPSA) is 65.4 Å². The Morgan fingerprint density at radius 2 is 2.42 bits per heavy atom. The zero-order chi connectivity index (χ0) is 8.55. The van der Waals surface area contributed by atoms with Gasteiger partial charge in [-0.1, -0.05) is 0 Å². The van der Waals surface area contributed by atoms with E-state index in [4.69, 9.17) is 16.9 Å². The van der Waals surface area contributed by atoms with Gasteiger partial charge in [0.2, 0.25) is 5.28 Å². The molecule has 0 saturated carbocycles. The second-order valence-electron chi connectivity index (χ2n) is 2.22. The summed E-state index contributed by atoms with van der Waals surface area (Å²) in [5.41, 5.74) is 1.12. The van der Waals surface area contributed by atoms with Gasteiger partial charge in [0, 0.05) is 12.4 Å². The van der Waals surface area contributed by atoms with E-state index in [0.717, 1.165) is 0 Å². The smallest absolute Gasteiger partial charge is 0.224 e. The van der Waals surface area contributed by atoms with E-state index < -0.39 is 0 Å². The first kappa shape index (κ1) is 7.07. The minimum absolute atomic E-state index is 0.175. The fourth-order valence-corrected chi connectivity index (χ4v) is 1.11.